The fourth-order valence-electron chi connectivity index (χ4n) is 2.19. The molecular weight excluding hydrogens is 428 g/mol. The van der Waals surface area contributed by atoms with Gasteiger partial charge in [-0.3, -0.25) is 4.84 Å². The molecule has 8 heteroatoms. The maximum Gasteiger partial charge on any atom is 0.223 e. The number of benzene rings is 1. The molecule has 0 atom stereocenters. The van der Waals surface area contributed by atoms with Crippen molar-refractivity contribution < 1.29 is 10.0 Å². The Morgan fingerprint density at radius 2 is 2.09 bits per heavy atom. The van der Waals surface area contributed by atoms with Crippen LogP contribution in [0.3, 0.4) is 0 Å². The zero-order valence-corrected chi connectivity index (χ0v) is 15.4. The molecule has 1 aromatic carbocycles. The zero-order valence-electron chi connectivity index (χ0n) is 12.2. The highest BCUT2D eigenvalue weighted by Crippen LogP contribution is 2.33. The van der Waals surface area contributed by atoms with E-state index in [0.29, 0.717) is 24.7 Å². The van der Waals surface area contributed by atoms with Crippen LogP contribution < -0.4 is 5.32 Å². The molecular formula is C15H15Br2N4O2. The molecule has 1 aromatic rings. The highest BCUT2D eigenvalue weighted by molar-refractivity contribution is 9.11. The summed E-state index contributed by atoms with van der Waals surface area (Å²) in [7, 11) is 0. The van der Waals surface area contributed by atoms with Crippen LogP contribution in [0.15, 0.2) is 56.1 Å². The van der Waals surface area contributed by atoms with Gasteiger partial charge < -0.3 is 5.32 Å². The Labute approximate surface area is 151 Å². The monoisotopic (exact) mass is 441 g/mol. The Morgan fingerprint density at radius 1 is 1.30 bits per heavy atom. The van der Waals surface area contributed by atoms with Crippen LogP contribution in [0.1, 0.15) is 0 Å². The number of nitrogens with one attached hydrogen (secondary N) is 1. The second-order valence-electron chi connectivity index (χ2n) is 4.96. The fourth-order valence-corrected chi connectivity index (χ4v) is 3.36. The zero-order chi connectivity index (χ0) is 16.2. The molecule has 1 radical (unpaired) electrons. The van der Waals surface area contributed by atoms with Crippen molar-refractivity contribution in [1.29, 1.82) is 0 Å². The Bertz CT molecular complexity index is 655. The Morgan fingerprint density at radius 3 is 2.83 bits per heavy atom. The van der Waals surface area contributed by atoms with Gasteiger partial charge in [-0.15, -0.1) is 0 Å². The van der Waals surface area contributed by atoms with Gasteiger partial charge in [-0.2, -0.15) is 0 Å². The van der Waals surface area contributed by atoms with Crippen LogP contribution >= 0.6 is 31.9 Å². The van der Waals surface area contributed by atoms with Crippen LogP contribution in [0.25, 0.3) is 0 Å². The predicted octanol–water partition coefficient (Wildman–Crippen LogP) is 3.14. The molecule has 1 fully saturated rings. The third-order valence-electron chi connectivity index (χ3n) is 3.37. The number of hydrogen-bond donors (Lipinski definition) is 1. The summed E-state index contributed by atoms with van der Waals surface area (Å²) in [5.41, 5.74) is 1.39. The second kappa shape index (κ2) is 7.48. The molecule has 2 aliphatic heterocycles. The molecule has 1 N–H and O–H groups in total. The Balaban J connectivity index is 1.72. The molecule has 2 heterocycles. The van der Waals surface area contributed by atoms with Gasteiger partial charge in [-0.05, 0) is 50.1 Å². The number of aliphatic imine (C=N–C) groups is 1. The number of nitrogens with zero attached hydrogens (tertiary/aromatic N) is 3. The molecule has 6 nitrogen and oxygen atoms in total. The van der Waals surface area contributed by atoms with E-state index in [-0.39, 0.29) is 6.61 Å². The summed E-state index contributed by atoms with van der Waals surface area (Å²) in [5.74, 6) is 0.627. The van der Waals surface area contributed by atoms with Gasteiger partial charge >= 0.3 is 0 Å². The number of para-hydroxylation sites is 1. The minimum atomic E-state index is 0.214. The van der Waals surface area contributed by atoms with E-state index in [0.717, 1.165) is 26.2 Å². The van der Waals surface area contributed by atoms with Gasteiger partial charge in [0.05, 0.1) is 24.5 Å². The highest BCUT2D eigenvalue weighted by Gasteiger charge is 2.21. The smallest absolute Gasteiger partial charge is 0.223 e. The summed E-state index contributed by atoms with van der Waals surface area (Å²) >= 11 is 6.99. The molecule has 2 aliphatic rings. The van der Waals surface area contributed by atoms with Gasteiger partial charge in [0.1, 0.15) is 6.61 Å². The van der Waals surface area contributed by atoms with Gasteiger partial charge in [0.15, 0.2) is 0 Å². The molecule has 0 spiro atoms. The first-order chi connectivity index (χ1) is 11.1. The predicted molar refractivity (Wildman–Crippen MR) is 94.2 cm³/mol. The number of guanidine groups is 1. The average Bonchev–Trinajstić information content (AvgIpc) is 2.97. The molecule has 0 bridgehead atoms. The van der Waals surface area contributed by atoms with E-state index in [1.165, 1.54) is 0 Å². The first-order valence-electron chi connectivity index (χ1n) is 7.12. The lowest BCUT2D eigenvalue weighted by molar-refractivity contribution is -0.148. The van der Waals surface area contributed by atoms with E-state index in [1.54, 1.807) is 11.1 Å². The van der Waals surface area contributed by atoms with E-state index in [1.807, 2.05) is 30.4 Å². The van der Waals surface area contributed by atoms with Crippen molar-refractivity contribution >= 4 is 43.5 Å². The summed E-state index contributed by atoms with van der Waals surface area (Å²) in [6, 6.07) is 5.79. The number of hydroxylamine groups is 4. The van der Waals surface area contributed by atoms with Crippen LogP contribution in [0, 0.1) is 0 Å². The lowest BCUT2D eigenvalue weighted by Gasteiger charge is -2.22. The topological polar surface area (TPSA) is 60.0 Å². The minimum absolute atomic E-state index is 0.214. The standard InChI is InChI=1S/C15H15Br2N4O2/c16-12-5-3-6-13(17)14(12)19-15-18-7-9-21(15)23-10-11-4-1-2-8-20(11)22/h1-6H,7-10H2,(H,18,19). The van der Waals surface area contributed by atoms with E-state index in [4.69, 9.17) is 4.84 Å². The molecule has 1 saturated heterocycles. The van der Waals surface area contributed by atoms with E-state index < -0.39 is 0 Å². The van der Waals surface area contributed by atoms with Crippen LogP contribution in [0.2, 0.25) is 0 Å². The molecule has 3 rings (SSSR count). The van der Waals surface area contributed by atoms with Gasteiger partial charge in [0, 0.05) is 15.5 Å². The number of hydrogen-bond acceptors (Lipinski definition) is 3. The summed E-state index contributed by atoms with van der Waals surface area (Å²) in [6.07, 6.45) is 5.44. The molecule has 23 heavy (non-hydrogen) atoms. The van der Waals surface area contributed by atoms with Crippen molar-refractivity contribution in [3.05, 3.63) is 51.1 Å². The SMILES string of the molecule is [O]N1CC=CC=C1CON1CCNC1=Nc1c(Br)cccc1Br. The van der Waals surface area contributed by atoms with Gasteiger partial charge in [-0.1, -0.05) is 23.4 Å². The van der Waals surface area contributed by atoms with Crippen LogP contribution in [-0.4, -0.2) is 42.3 Å². The highest BCUT2D eigenvalue weighted by atomic mass is 79.9. The van der Waals surface area contributed by atoms with E-state index in [9.17, 15) is 5.21 Å². The van der Waals surface area contributed by atoms with Crippen molar-refractivity contribution in [2.75, 3.05) is 26.2 Å². The van der Waals surface area contributed by atoms with E-state index in [2.05, 4.69) is 42.2 Å². The lowest BCUT2D eigenvalue weighted by Crippen LogP contribution is -2.33. The first-order valence-corrected chi connectivity index (χ1v) is 8.71. The van der Waals surface area contributed by atoms with Crippen molar-refractivity contribution in [1.82, 2.24) is 15.4 Å². The van der Waals surface area contributed by atoms with Crippen LogP contribution in [-0.2, 0) is 10.0 Å². The summed E-state index contributed by atoms with van der Waals surface area (Å²) in [5, 5.41) is 17.5. The normalized spacial score (nSPS) is 19.3. The van der Waals surface area contributed by atoms with Crippen LogP contribution in [0.5, 0.6) is 0 Å². The first kappa shape index (κ1) is 16.5. The van der Waals surface area contributed by atoms with Crippen molar-refractivity contribution in [2.24, 2.45) is 4.99 Å². The Hall–Kier alpha value is -1.35. The molecule has 0 amide bonds. The van der Waals surface area contributed by atoms with Gasteiger partial charge in [0.25, 0.3) is 0 Å². The largest absolute Gasteiger partial charge is 0.352 e. The maximum absolute atomic E-state index is 11.7. The molecule has 0 unspecified atom stereocenters. The van der Waals surface area contributed by atoms with Crippen molar-refractivity contribution in [3.8, 4) is 0 Å². The fraction of sp³-hybridized carbons (Fsp3) is 0.267. The minimum Gasteiger partial charge on any atom is -0.352 e. The number of allylic oxidation sites excluding steroid dienone is 2. The third kappa shape index (κ3) is 3.95. The average molecular weight is 443 g/mol. The number of halogens is 2. The van der Waals surface area contributed by atoms with E-state index >= 15 is 0 Å². The molecule has 0 aromatic heterocycles. The van der Waals surface area contributed by atoms with Gasteiger partial charge in [0.2, 0.25) is 5.96 Å². The second-order valence-corrected chi connectivity index (χ2v) is 6.66. The quantitative estimate of drug-likeness (QED) is 0.778. The summed E-state index contributed by atoms with van der Waals surface area (Å²) in [4.78, 5) is 10.4. The van der Waals surface area contributed by atoms with Crippen LogP contribution in [0.4, 0.5) is 5.69 Å². The molecule has 0 aliphatic carbocycles. The maximum atomic E-state index is 11.7. The van der Waals surface area contributed by atoms with Crippen molar-refractivity contribution in [2.45, 2.75) is 0 Å². The lowest BCUT2D eigenvalue weighted by atomic mass is 10.3. The Kier molecular flexibility index (Phi) is 5.37. The third-order valence-corrected chi connectivity index (χ3v) is 4.65. The summed E-state index contributed by atoms with van der Waals surface area (Å²) in [6.45, 7) is 1.98. The van der Waals surface area contributed by atoms with Crippen molar-refractivity contribution in [3.63, 3.8) is 0 Å². The summed E-state index contributed by atoms with van der Waals surface area (Å²) < 4.78 is 1.78. The number of rotatable bonds is 4. The van der Waals surface area contributed by atoms with Gasteiger partial charge in [-0.25, -0.2) is 15.1 Å². The molecule has 0 saturated carbocycles. The molecule has 121 valence electrons.